The molecule has 164 valence electrons. The summed E-state index contributed by atoms with van der Waals surface area (Å²) in [4.78, 5) is 25.5. The molecule has 0 aromatic heterocycles. The highest BCUT2D eigenvalue weighted by Gasteiger charge is 2.24. The summed E-state index contributed by atoms with van der Waals surface area (Å²) < 4.78 is 0. The van der Waals surface area contributed by atoms with Gasteiger partial charge in [-0.3, -0.25) is 9.59 Å². The van der Waals surface area contributed by atoms with Gasteiger partial charge < -0.3 is 10.6 Å². The van der Waals surface area contributed by atoms with Gasteiger partial charge in [0.15, 0.2) is 0 Å². The number of rotatable bonds is 4. The Kier molecular flexibility index (Phi) is 4.80. The summed E-state index contributed by atoms with van der Waals surface area (Å²) in [7, 11) is 0. The number of hydrogen-bond acceptors (Lipinski definition) is 4. The minimum atomic E-state index is -0.747. The van der Waals surface area contributed by atoms with Crippen LogP contribution < -0.4 is 21.5 Å². The fourth-order valence-corrected chi connectivity index (χ4v) is 5.23. The molecule has 0 aliphatic heterocycles. The van der Waals surface area contributed by atoms with E-state index >= 15 is 0 Å². The first kappa shape index (κ1) is 20.7. The van der Waals surface area contributed by atoms with Crippen molar-refractivity contribution in [3.8, 4) is 0 Å². The van der Waals surface area contributed by atoms with Gasteiger partial charge in [-0.05, 0) is 41.8 Å². The molecule has 0 saturated carbocycles. The van der Waals surface area contributed by atoms with E-state index in [0.717, 1.165) is 33.2 Å². The zero-order valence-corrected chi connectivity index (χ0v) is 19.2. The van der Waals surface area contributed by atoms with Crippen LogP contribution in [0.4, 0.5) is 22.7 Å². The lowest BCUT2D eigenvalue weighted by atomic mass is 9.91. The van der Waals surface area contributed by atoms with E-state index in [0.29, 0.717) is 26.9 Å². The lowest BCUT2D eigenvalue weighted by Gasteiger charge is -2.21. The average molecular weight is 483 g/mol. The zero-order chi connectivity index (χ0) is 23.4. The second kappa shape index (κ2) is 7.87. The highest BCUT2D eigenvalue weighted by Crippen LogP contribution is 2.48. The molecule has 0 amide bonds. The van der Waals surface area contributed by atoms with Crippen molar-refractivity contribution >= 4 is 78.3 Å². The molecule has 0 aliphatic carbocycles. The lowest BCUT2D eigenvalue weighted by Crippen LogP contribution is -2.24. The molecule has 2 N–H and O–H groups in total. The standard InChI is InChI=1S/C28H16Cl2N2O2/c29-24-23-21-18(27(33)28(34)25(23)30)13-11-15-12-14-19(31-16-7-3-1-4-8-16)22(20(15)21)26(24)32-17-9-5-2-6-10-17/h1-14,31-32H. The molecular weight excluding hydrogens is 467 g/mol. The molecule has 34 heavy (non-hydrogen) atoms. The average Bonchev–Trinajstić information content (AvgIpc) is 2.86. The minimum Gasteiger partial charge on any atom is -0.355 e. The molecule has 0 fully saturated rings. The molecule has 0 radical (unpaired) electrons. The van der Waals surface area contributed by atoms with E-state index in [9.17, 15) is 9.59 Å². The molecule has 0 heterocycles. The summed E-state index contributed by atoms with van der Waals surface area (Å²) in [6.45, 7) is 0. The van der Waals surface area contributed by atoms with Crippen molar-refractivity contribution in [3.63, 3.8) is 0 Å². The quantitative estimate of drug-likeness (QED) is 0.201. The van der Waals surface area contributed by atoms with Crippen molar-refractivity contribution in [2.45, 2.75) is 0 Å². The first-order valence-corrected chi connectivity index (χ1v) is 11.4. The molecule has 6 rings (SSSR count). The highest BCUT2D eigenvalue weighted by atomic mass is 35.5. The van der Waals surface area contributed by atoms with Gasteiger partial charge >= 0.3 is 0 Å². The van der Waals surface area contributed by atoms with Crippen molar-refractivity contribution in [3.05, 3.63) is 115 Å². The summed E-state index contributed by atoms with van der Waals surface area (Å²) in [5, 5.41) is 10.9. The second-order valence-electron chi connectivity index (χ2n) is 8.09. The Labute approximate surface area is 204 Å². The Hall–Kier alpha value is -3.86. The predicted octanol–water partition coefficient (Wildman–Crippen LogP) is 7.54. The van der Waals surface area contributed by atoms with Crippen LogP contribution in [-0.4, -0.2) is 0 Å². The topological polar surface area (TPSA) is 58.2 Å². The third-order valence-electron chi connectivity index (χ3n) is 6.09. The summed E-state index contributed by atoms with van der Waals surface area (Å²) in [5.41, 5.74) is 1.78. The van der Waals surface area contributed by atoms with Crippen LogP contribution >= 0.6 is 23.2 Å². The molecule has 0 bridgehead atoms. The first-order valence-electron chi connectivity index (χ1n) is 10.7. The SMILES string of the molecule is O=c1c(Cl)c2c(Cl)c(Nc3ccccc3)c3c(Nc4ccccc4)ccc4ccc(c1=O)c2c43. The van der Waals surface area contributed by atoms with E-state index < -0.39 is 10.9 Å². The molecular formula is C28H16Cl2N2O2. The maximum Gasteiger partial charge on any atom is 0.245 e. The van der Waals surface area contributed by atoms with Gasteiger partial charge in [0.25, 0.3) is 0 Å². The van der Waals surface area contributed by atoms with E-state index in [1.807, 2.05) is 78.9 Å². The van der Waals surface area contributed by atoms with Crippen LogP contribution in [0.15, 0.2) is 94.5 Å². The van der Waals surface area contributed by atoms with Crippen molar-refractivity contribution in [2.24, 2.45) is 0 Å². The van der Waals surface area contributed by atoms with E-state index in [4.69, 9.17) is 23.2 Å². The number of anilines is 4. The van der Waals surface area contributed by atoms with E-state index in [1.54, 1.807) is 6.07 Å². The third-order valence-corrected chi connectivity index (χ3v) is 6.83. The van der Waals surface area contributed by atoms with Crippen molar-refractivity contribution in [1.82, 2.24) is 0 Å². The van der Waals surface area contributed by atoms with Crippen LogP contribution in [0, 0.1) is 0 Å². The van der Waals surface area contributed by atoms with Gasteiger partial charge in [-0.15, -0.1) is 0 Å². The summed E-state index contributed by atoms with van der Waals surface area (Å²) >= 11 is 13.4. The summed E-state index contributed by atoms with van der Waals surface area (Å²) in [5.74, 6) is 0. The maximum absolute atomic E-state index is 12.8. The molecule has 0 atom stereocenters. The maximum atomic E-state index is 12.8. The highest BCUT2D eigenvalue weighted by molar-refractivity contribution is 6.49. The van der Waals surface area contributed by atoms with E-state index in [2.05, 4.69) is 10.6 Å². The van der Waals surface area contributed by atoms with E-state index in [-0.39, 0.29) is 5.02 Å². The van der Waals surface area contributed by atoms with Crippen molar-refractivity contribution in [2.75, 3.05) is 10.6 Å². The molecule has 6 aromatic rings. The molecule has 6 heteroatoms. The van der Waals surface area contributed by atoms with Gasteiger partial charge in [-0.2, -0.15) is 0 Å². The van der Waals surface area contributed by atoms with Gasteiger partial charge in [0, 0.05) is 44.0 Å². The van der Waals surface area contributed by atoms with Crippen molar-refractivity contribution < 1.29 is 0 Å². The summed E-state index contributed by atoms with van der Waals surface area (Å²) in [6, 6.07) is 26.9. The molecule has 6 aromatic carbocycles. The Bertz CT molecular complexity index is 1810. The normalized spacial score (nSPS) is 11.5. The first-order chi connectivity index (χ1) is 16.5. The minimum absolute atomic E-state index is 0.158. The van der Waals surface area contributed by atoms with Crippen LogP contribution in [0.1, 0.15) is 0 Å². The zero-order valence-electron chi connectivity index (χ0n) is 17.7. The monoisotopic (exact) mass is 482 g/mol. The number of para-hydroxylation sites is 2. The Morgan fingerprint density at radius 2 is 1.15 bits per heavy atom. The van der Waals surface area contributed by atoms with E-state index in [1.165, 1.54) is 0 Å². The van der Waals surface area contributed by atoms with Gasteiger partial charge in [0.05, 0.1) is 10.7 Å². The fourth-order valence-electron chi connectivity index (χ4n) is 4.58. The Morgan fingerprint density at radius 3 is 1.82 bits per heavy atom. The van der Waals surface area contributed by atoms with Crippen LogP contribution in [0.3, 0.4) is 0 Å². The third kappa shape index (κ3) is 3.07. The number of hydrogen-bond donors (Lipinski definition) is 2. The van der Waals surface area contributed by atoms with Gasteiger partial charge in [0.1, 0.15) is 5.02 Å². The second-order valence-corrected chi connectivity index (χ2v) is 8.85. The van der Waals surface area contributed by atoms with Gasteiger partial charge in [0.2, 0.25) is 10.9 Å². The van der Waals surface area contributed by atoms with Gasteiger partial charge in [-0.25, -0.2) is 0 Å². The number of benzene rings is 6. The van der Waals surface area contributed by atoms with Gasteiger partial charge in [-0.1, -0.05) is 71.7 Å². The number of nitrogens with one attached hydrogen (secondary N) is 2. The molecule has 4 nitrogen and oxygen atoms in total. The molecule has 0 unspecified atom stereocenters. The van der Waals surface area contributed by atoms with Crippen molar-refractivity contribution in [1.29, 1.82) is 0 Å². The van der Waals surface area contributed by atoms with Crippen LogP contribution in [-0.2, 0) is 0 Å². The smallest absolute Gasteiger partial charge is 0.245 e. The Morgan fingerprint density at radius 1 is 0.529 bits per heavy atom. The fraction of sp³-hybridized carbons (Fsp3) is 0. The summed E-state index contributed by atoms with van der Waals surface area (Å²) in [6.07, 6.45) is 0. The number of halogens is 2. The predicted molar refractivity (Wildman–Crippen MR) is 143 cm³/mol. The molecule has 0 aliphatic rings. The van der Waals surface area contributed by atoms with Crippen LogP contribution in [0.25, 0.3) is 32.3 Å². The van der Waals surface area contributed by atoms with Crippen LogP contribution in [0.2, 0.25) is 10.0 Å². The molecule has 0 saturated heterocycles. The lowest BCUT2D eigenvalue weighted by molar-refractivity contribution is 1.54. The van der Waals surface area contributed by atoms with Crippen LogP contribution in [0.5, 0.6) is 0 Å². The Balaban J connectivity index is 1.80. The largest absolute Gasteiger partial charge is 0.355 e. The molecule has 0 spiro atoms.